The minimum absolute atomic E-state index is 0.239. The second kappa shape index (κ2) is 4.21. The molecule has 0 spiro atoms. The van der Waals surface area contributed by atoms with E-state index >= 15 is 0 Å². The van der Waals surface area contributed by atoms with E-state index in [2.05, 4.69) is 5.32 Å². The van der Waals surface area contributed by atoms with Gasteiger partial charge in [0, 0.05) is 18.1 Å². The van der Waals surface area contributed by atoms with E-state index in [-0.39, 0.29) is 11.9 Å². The largest absolute Gasteiger partial charge is 0.469 e. The molecule has 1 aliphatic heterocycles. The molecule has 0 radical (unpaired) electrons. The highest BCUT2D eigenvalue weighted by molar-refractivity contribution is 6.31. The summed E-state index contributed by atoms with van der Waals surface area (Å²) in [4.78, 5) is 11.6. The zero-order chi connectivity index (χ0) is 10.8. The Balaban J connectivity index is 2.45. The van der Waals surface area contributed by atoms with Crippen molar-refractivity contribution in [2.75, 3.05) is 13.7 Å². The number of carbonyl (C=O) groups excluding carboxylic acids is 1. The third kappa shape index (κ3) is 1.85. The number of methoxy groups -OCH3 is 1. The van der Waals surface area contributed by atoms with Crippen LogP contribution in [0, 0.1) is 0 Å². The molecule has 1 atom stereocenters. The lowest BCUT2D eigenvalue weighted by Crippen LogP contribution is -2.33. The Labute approximate surface area is 93.4 Å². The summed E-state index contributed by atoms with van der Waals surface area (Å²) in [6.45, 7) is 1.34. The van der Waals surface area contributed by atoms with Crippen LogP contribution in [0.3, 0.4) is 0 Å². The molecule has 3 nitrogen and oxygen atoms in total. The predicted molar refractivity (Wildman–Crippen MR) is 57.9 cm³/mol. The first-order valence-electron chi connectivity index (χ1n) is 4.80. The van der Waals surface area contributed by atoms with Crippen LogP contribution < -0.4 is 5.32 Å². The van der Waals surface area contributed by atoms with Crippen LogP contribution in [-0.2, 0) is 16.1 Å². The van der Waals surface area contributed by atoms with Crippen LogP contribution >= 0.6 is 11.6 Å². The Kier molecular flexibility index (Phi) is 2.93. The Hall–Kier alpha value is -1.06. The fraction of sp³-hybridized carbons (Fsp3) is 0.364. The summed E-state index contributed by atoms with van der Waals surface area (Å²) in [6.07, 6.45) is 0. The molecule has 0 amide bonds. The van der Waals surface area contributed by atoms with E-state index in [1.165, 1.54) is 7.11 Å². The van der Waals surface area contributed by atoms with Crippen molar-refractivity contribution in [2.24, 2.45) is 0 Å². The minimum atomic E-state index is -0.285. The van der Waals surface area contributed by atoms with Gasteiger partial charge in [-0.25, -0.2) is 0 Å². The molecular weight excluding hydrogens is 214 g/mol. The molecule has 80 valence electrons. The van der Waals surface area contributed by atoms with Crippen molar-refractivity contribution in [2.45, 2.75) is 12.5 Å². The maximum Gasteiger partial charge on any atom is 0.314 e. The average Bonchev–Trinajstić information content (AvgIpc) is 2.28. The fourth-order valence-corrected chi connectivity index (χ4v) is 2.25. The van der Waals surface area contributed by atoms with Gasteiger partial charge in [-0.15, -0.1) is 0 Å². The summed E-state index contributed by atoms with van der Waals surface area (Å²) in [5.41, 5.74) is 1.98. The lowest BCUT2D eigenvalue weighted by molar-refractivity contribution is -0.142. The molecule has 4 heteroatoms. The summed E-state index contributed by atoms with van der Waals surface area (Å²) < 4.78 is 4.76. The second-order valence-corrected chi connectivity index (χ2v) is 3.93. The van der Waals surface area contributed by atoms with Crippen molar-refractivity contribution in [3.63, 3.8) is 0 Å². The lowest BCUT2D eigenvalue weighted by atomic mass is 9.91. The van der Waals surface area contributed by atoms with Gasteiger partial charge < -0.3 is 10.1 Å². The minimum Gasteiger partial charge on any atom is -0.469 e. The van der Waals surface area contributed by atoms with Crippen LogP contribution in [0.2, 0.25) is 5.02 Å². The Morgan fingerprint density at radius 2 is 2.40 bits per heavy atom. The number of fused-ring (bicyclic) bond motifs is 1. The van der Waals surface area contributed by atoms with Crippen molar-refractivity contribution in [1.29, 1.82) is 0 Å². The molecule has 1 aliphatic rings. The van der Waals surface area contributed by atoms with E-state index in [0.717, 1.165) is 17.7 Å². The van der Waals surface area contributed by atoms with Crippen molar-refractivity contribution in [3.05, 3.63) is 34.3 Å². The molecule has 1 aromatic carbocycles. The van der Waals surface area contributed by atoms with Crippen LogP contribution in [0.1, 0.15) is 17.0 Å². The first kappa shape index (κ1) is 10.5. The van der Waals surface area contributed by atoms with Gasteiger partial charge in [-0.3, -0.25) is 4.79 Å². The number of nitrogens with one attached hydrogen (secondary N) is 1. The first-order chi connectivity index (χ1) is 7.24. The standard InChI is InChI=1S/C11H12ClNO2/c1-15-11(14)8-6-13-5-7-3-2-4-9(12)10(7)8/h2-4,8,13H,5-6H2,1H3. The smallest absolute Gasteiger partial charge is 0.314 e. The Morgan fingerprint density at radius 1 is 1.60 bits per heavy atom. The van der Waals surface area contributed by atoms with Gasteiger partial charge in [-0.05, 0) is 17.2 Å². The van der Waals surface area contributed by atoms with Gasteiger partial charge in [-0.2, -0.15) is 0 Å². The van der Waals surface area contributed by atoms with E-state index in [1.807, 2.05) is 18.2 Å². The second-order valence-electron chi connectivity index (χ2n) is 3.52. The SMILES string of the molecule is COC(=O)C1CNCc2cccc(Cl)c21. The summed E-state index contributed by atoms with van der Waals surface area (Å²) in [5.74, 6) is -0.524. The summed E-state index contributed by atoms with van der Waals surface area (Å²) >= 11 is 6.10. The third-order valence-corrected chi connectivity index (χ3v) is 2.97. The number of benzene rings is 1. The Bertz CT molecular complexity index is 392. The van der Waals surface area contributed by atoms with Gasteiger partial charge in [0.05, 0.1) is 13.0 Å². The van der Waals surface area contributed by atoms with Crippen molar-refractivity contribution >= 4 is 17.6 Å². The number of rotatable bonds is 1. The van der Waals surface area contributed by atoms with E-state index in [4.69, 9.17) is 16.3 Å². The molecule has 1 N–H and O–H groups in total. The van der Waals surface area contributed by atoms with Gasteiger partial charge in [0.2, 0.25) is 0 Å². The monoisotopic (exact) mass is 225 g/mol. The highest BCUT2D eigenvalue weighted by Crippen LogP contribution is 2.31. The number of ether oxygens (including phenoxy) is 1. The van der Waals surface area contributed by atoms with E-state index in [1.54, 1.807) is 0 Å². The van der Waals surface area contributed by atoms with Crippen LogP contribution in [0.25, 0.3) is 0 Å². The predicted octanol–water partition coefficient (Wildman–Crippen LogP) is 1.70. The number of hydrogen-bond donors (Lipinski definition) is 1. The maximum atomic E-state index is 11.6. The molecular formula is C11H12ClNO2. The first-order valence-corrected chi connectivity index (χ1v) is 5.17. The summed E-state index contributed by atoms with van der Waals surface area (Å²) in [7, 11) is 1.40. The number of esters is 1. The summed E-state index contributed by atoms with van der Waals surface area (Å²) in [5, 5.41) is 3.82. The van der Waals surface area contributed by atoms with E-state index in [9.17, 15) is 4.79 Å². The molecule has 15 heavy (non-hydrogen) atoms. The highest BCUT2D eigenvalue weighted by atomic mass is 35.5. The van der Waals surface area contributed by atoms with Crippen LogP contribution in [0.15, 0.2) is 18.2 Å². The maximum absolute atomic E-state index is 11.6. The van der Waals surface area contributed by atoms with E-state index < -0.39 is 0 Å². The normalized spacial score (nSPS) is 19.5. The van der Waals surface area contributed by atoms with E-state index in [0.29, 0.717) is 11.6 Å². The van der Waals surface area contributed by atoms with Crippen LogP contribution in [0.5, 0.6) is 0 Å². The van der Waals surface area contributed by atoms with Crippen molar-refractivity contribution < 1.29 is 9.53 Å². The van der Waals surface area contributed by atoms with Crippen LogP contribution in [0.4, 0.5) is 0 Å². The molecule has 0 saturated carbocycles. The zero-order valence-corrected chi connectivity index (χ0v) is 9.17. The van der Waals surface area contributed by atoms with Gasteiger partial charge in [0.1, 0.15) is 0 Å². The van der Waals surface area contributed by atoms with Gasteiger partial charge in [0.25, 0.3) is 0 Å². The number of halogens is 1. The molecule has 0 fully saturated rings. The highest BCUT2D eigenvalue weighted by Gasteiger charge is 2.28. The molecule has 0 aromatic heterocycles. The molecule has 0 saturated heterocycles. The fourth-order valence-electron chi connectivity index (χ4n) is 1.92. The van der Waals surface area contributed by atoms with Crippen molar-refractivity contribution in [3.8, 4) is 0 Å². The van der Waals surface area contributed by atoms with Crippen molar-refractivity contribution in [1.82, 2.24) is 5.32 Å². The Morgan fingerprint density at radius 3 is 3.13 bits per heavy atom. The molecule has 2 rings (SSSR count). The van der Waals surface area contributed by atoms with Crippen LogP contribution in [-0.4, -0.2) is 19.6 Å². The average molecular weight is 226 g/mol. The van der Waals surface area contributed by atoms with Gasteiger partial charge >= 0.3 is 5.97 Å². The molecule has 1 unspecified atom stereocenters. The zero-order valence-electron chi connectivity index (χ0n) is 8.42. The molecule has 1 aromatic rings. The molecule has 0 bridgehead atoms. The lowest BCUT2D eigenvalue weighted by Gasteiger charge is -2.25. The topological polar surface area (TPSA) is 38.3 Å². The van der Waals surface area contributed by atoms with Gasteiger partial charge in [0.15, 0.2) is 0 Å². The quantitative estimate of drug-likeness (QED) is 0.740. The van der Waals surface area contributed by atoms with Gasteiger partial charge in [-0.1, -0.05) is 23.7 Å². The third-order valence-electron chi connectivity index (χ3n) is 2.64. The number of carbonyl (C=O) groups is 1. The number of hydrogen-bond acceptors (Lipinski definition) is 3. The molecule has 1 heterocycles. The summed E-state index contributed by atoms with van der Waals surface area (Å²) in [6, 6.07) is 5.67. The molecule has 0 aliphatic carbocycles.